The minimum atomic E-state index is -0.551. The van der Waals surface area contributed by atoms with Crippen molar-refractivity contribution in [3.05, 3.63) is 262 Å². The second-order valence-corrected chi connectivity index (χ2v) is 18.8. The van der Waals surface area contributed by atoms with Gasteiger partial charge in [-0.25, -0.2) is 0 Å². The highest BCUT2D eigenvalue weighted by Gasteiger charge is 2.45. The van der Waals surface area contributed by atoms with E-state index in [0.717, 1.165) is 60.6 Å². The highest BCUT2D eigenvalue weighted by atomic mass is 16.2. The summed E-state index contributed by atoms with van der Waals surface area (Å²) in [6, 6.07) is 67.7. The summed E-state index contributed by atoms with van der Waals surface area (Å²) in [5.41, 5.74) is 15.8. The van der Waals surface area contributed by atoms with Gasteiger partial charge in [-0.2, -0.15) is 0 Å². The first kappa shape index (κ1) is 46.0. The Bertz CT molecular complexity index is 3830. The monoisotopic (exact) mass is 950 g/mol. The minimum absolute atomic E-state index is 0.00169. The first-order chi connectivity index (χ1) is 35.5. The Morgan fingerprint density at radius 1 is 0.356 bits per heavy atom. The second-order valence-electron chi connectivity index (χ2n) is 18.8. The first-order valence-electron chi connectivity index (χ1n) is 24.3. The number of fused-ring (bicyclic) bond motifs is 5. The zero-order chi connectivity index (χ0) is 50.4. The third-order valence-corrected chi connectivity index (χ3v) is 14.3. The van der Waals surface area contributed by atoms with Crippen LogP contribution in [0.1, 0.15) is 81.7 Å². The van der Waals surface area contributed by atoms with Crippen LogP contribution in [0.15, 0.2) is 206 Å². The Kier molecular flexibility index (Phi) is 11.8. The van der Waals surface area contributed by atoms with Crippen LogP contribution in [0, 0.1) is 13.8 Å². The summed E-state index contributed by atoms with van der Waals surface area (Å²) in [5.74, 6) is -0.702. The van der Waals surface area contributed by atoms with Gasteiger partial charge in [0.15, 0.2) is 5.78 Å². The van der Waals surface area contributed by atoms with E-state index in [1.165, 1.54) is 29.2 Å². The van der Waals surface area contributed by atoms with Crippen molar-refractivity contribution in [3.8, 4) is 22.3 Å². The number of anilines is 4. The van der Waals surface area contributed by atoms with E-state index in [1.54, 1.807) is 24.3 Å². The summed E-state index contributed by atoms with van der Waals surface area (Å²) >= 11 is 0. The summed E-state index contributed by atoms with van der Waals surface area (Å²) in [6.07, 6.45) is 0. The van der Waals surface area contributed by atoms with E-state index in [2.05, 4.69) is 106 Å². The number of aryl methyl sites for hydroxylation is 2. The smallest absolute Gasteiger partial charge is 0.255 e. The van der Waals surface area contributed by atoms with Crippen molar-refractivity contribution in [1.82, 2.24) is 0 Å². The lowest BCUT2D eigenvalue weighted by molar-refractivity contribution is 0.101. The number of hydrogen-bond donors (Lipinski definition) is 4. The molecule has 8 nitrogen and oxygen atoms in total. The minimum Gasteiger partial charge on any atom is -0.388 e. The third kappa shape index (κ3) is 8.49. The Labute approximate surface area is 423 Å². The zero-order valence-corrected chi connectivity index (χ0v) is 40.8. The number of carbonyl (C=O) groups is 4. The van der Waals surface area contributed by atoms with Gasteiger partial charge in [-0.3, -0.25) is 19.2 Å². The van der Waals surface area contributed by atoms with Crippen LogP contribution in [-0.2, 0) is 5.41 Å². The quantitative estimate of drug-likeness (QED) is 0.0964. The molecule has 73 heavy (non-hydrogen) atoms. The maximum Gasteiger partial charge on any atom is 0.255 e. The molecule has 0 heterocycles. The van der Waals surface area contributed by atoms with Crippen LogP contribution in [0.5, 0.6) is 0 Å². The molecule has 11 rings (SSSR count). The summed E-state index contributed by atoms with van der Waals surface area (Å²) in [6.45, 7) is 5.55. The Balaban J connectivity index is 0.754. The predicted molar refractivity (Wildman–Crippen MR) is 296 cm³/mol. The molecule has 1 aliphatic rings. The van der Waals surface area contributed by atoms with Crippen molar-refractivity contribution in [1.29, 1.82) is 0 Å². The highest BCUT2D eigenvalue weighted by Crippen LogP contribution is 2.56. The van der Waals surface area contributed by atoms with E-state index in [-0.39, 0.29) is 23.5 Å². The molecule has 0 atom stereocenters. The van der Waals surface area contributed by atoms with Crippen LogP contribution in [0.3, 0.4) is 0 Å². The van der Waals surface area contributed by atoms with Crippen LogP contribution in [-0.4, -0.2) is 30.6 Å². The van der Waals surface area contributed by atoms with Gasteiger partial charge in [0.2, 0.25) is 0 Å². The number of amides is 3. The van der Waals surface area contributed by atoms with E-state index in [4.69, 9.17) is 0 Å². The third-order valence-electron chi connectivity index (χ3n) is 14.3. The van der Waals surface area contributed by atoms with Crippen molar-refractivity contribution >= 4 is 67.8 Å². The molecule has 0 spiro atoms. The number of hydrogen-bond acceptors (Lipinski definition) is 5. The fraction of sp³-hybridized carbons (Fsp3) is 0.0769. The summed E-state index contributed by atoms with van der Waals surface area (Å²) in [7, 11) is 1.93. The molecule has 0 aromatic heterocycles. The zero-order valence-electron chi connectivity index (χ0n) is 40.8. The standard InChI is InChI=1S/C65H50N4O4/c1-39-33-54(68-63(72)48-18-15-43-35-42(41(3)70)13-14-44(43)36-48)29-31-56(39)57-32-30-55(34-40(57)2)69-64(73)49-20-17-45-37-47(19-16-46(45)38-49)62(71)67-53-27-23-51(24-28-53)65(50-21-25-52(66-4)26-22-50)60-11-7-5-9-58(60)59-10-6-8-12-61(59)65/h5-38,66H,1-4H3,(H,67,71)(H,68,72)(H,69,73). The van der Waals surface area contributed by atoms with Crippen LogP contribution in [0.25, 0.3) is 43.8 Å². The summed E-state index contributed by atoms with van der Waals surface area (Å²) in [4.78, 5) is 52.5. The number of carbonyl (C=O) groups excluding carboxylic acids is 4. The molecular weight excluding hydrogens is 901 g/mol. The van der Waals surface area contributed by atoms with E-state index in [1.807, 2.05) is 118 Å². The SMILES string of the molecule is CNc1ccc(C2(c3ccc(NC(=O)c4ccc5cc(C(=O)Nc6ccc(-c7ccc(NC(=O)c8ccc9cc(C(C)=O)ccc9c8)cc7C)c(C)c6)ccc5c4)cc3)c3ccccc3-c3ccccc32)cc1. The van der Waals surface area contributed by atoms with Gasteiger partial charge in [0.05, 0.1) is 5.41 Å². The molecule has 0 unspecified atom stereocenters. The molecule has 4 N–H and O–H groups in total. The molecule has 8 heteroatoms. The van der Waals surface area contributed by atoms with Crippen LogP contribution in [0.2, 0.25) is 0 Å². The van der Waals surface area contributed by atoms with Gasteiger partial charge < -0.3 is 21.3 Å². The predicted octanol–water partition coefficient (Wildman–Crippen LogP) is 14.6. The van der Waals surface area contributed by atoms with Gasteiger partial charge in [-0.05, 0) is 189 Å². The van der Waals surface area contributed by atoms with Gasteiger partial charge >= 0.3 is 0 Å². The molecule has 0 saturated carbocycles. The molecule has 0 bridgehead atoms. The lowest BCUT2D eigenvalue weighted by atomic mass is 9.67. The van der Waals surface area contributed by atoms with E-state index >= 15 is 0 Å². The Morgan fingerprint density at radius 3 is 1.11 bits per heavy atom. The molecule has 354 valence electrons. The van der Waals surface area contributed by atoms with Gasteiger partial charge in [-0.15, -0.1) is 0 Å². The number of Topliss-reactive ketones (excluding diaryl/α,β-unsaturated/α-hetero) is 1. The van der Waals surface area contributed by atoms with Gasteiger partial charge in [0, 0.05) is 52.1 Å². The Hall–Kier alpha value is -9.40. The van der Waals surface area contributed by atoms with Crippen molar-refractivity contribution in [2.75, 3.05) is 28.3 Å². The van der Waals surface area contributed by atoms with Crippen LogP contribution in [0.4, 0.5) is 22.7 Å². The van der Waals surface area contributed by atoms with Gasteiger partial charge in [0.25, 0.3) is 17.7 Å². The molecule has 0 radical (unpaired) electrons. The fourth-order valence-electron chi connectivity index (χ4n) is 10.5. The first-order valence-corrected chi connectivity index (χ1v) is 24.3. The van der Waals surface area contributed by atoms with Crippen LogP contribution < -0.4 is 21.3 Å². The van der Waals surface area contributed by atoms with Crippen LogP contribution >= 0.6 is 0 Å². The molecule has 0 aliphatic heterocycles. The average molecular weight is 951 g/mol. The van der Waals surface area contributed by atoms with E-state index in [9.17, 15) is 19.2 Å². The molecule has 3 amide bonds. The fourth-order valence-corrected chi connectivity index (χ4v) is 10.5. The van der Waals surface area contributed by atoms with Crippen molar-refractivity contribution in [2.24, 2.45) is 0 Å². The molecule has 10 aromatic rings. The highest BCUT2D eigenvalue weighted by molar-refractivity contribution is 6.10. The van der Waals surface area contributed by atoms with E-state index in [0.29, 0.717) is 39.3 Å². The maximum atomic E-state index is 13.8. The van der Waals surface area contributed by atoms with Gasteiger partial charge in [-0.1, -0.05) is 115 Å². The molecule has 0 saturated heterocycles. The topological polar surface area (TPSA) is 116 Å². The Morgan fingerprint density at radius 2 is 0.712 bits per heavy atom. The number of benzene rings is 10. The average Bonchev–Trinajstić information content (AvgIpc) is 3.71. The van der Waals surface area contributed by atoms with E-state index < -0.39 is 5.41 Å². The number of rotatable bonds is 11. The van der Waals surface area contributed by atoms with Gasteiger partial charge in [0.1, 0.15) is 0 Å². The van der Waals surface area contributed by atoms with Crippen molar-refractivity contribution < 1.29 is 19.2 Å². The lowest BCUT2D eigenvalue weighted by Crippen LogP contribution is -2.28. The molecule has 1 aliphatic carbocycles. The largest absolute Gasteiger partial charge is 0.388 e. The molecular formula is C65H50N4O4. The lowest BCUT2D eigenvalue weighted by Gasteiger charge is -2.34. The maximum absolute atomic E-state index is 13.8. The number of nitrogens with one attached hydrogen (secondary N) is 4. The van der Waals surface area contributed by atoms with Crippen molar-refractivity contribution in [2.45, 2.75) is 26.2 Å². The number of ketones is 1. The second kappa shape index (κ2) is 18.7. The summed E-state index contributed by atoms with van der Waals surface area (Å²) < 4.78 is 0. The normalized spacial score (nSPS) is 12.2. The molecule has 10 aromatic carbocycles. The summed E-state index contributed by atoms with van der Waals surface area (Å²) in [5, 5.41) is 15.9. The molecule has 0 fully saturated rings. The van der Waals surface area contributed by atoms with Crippen molar-refractivity contribution in [3.63, 3.8) is 0 Å².